The van der Waals surface area contributed by atoms with Crippen LogP contribution in [0.3, 0.4) is 0 Å². The van der Waals surface area contributed by atoms with Gasteiger partial charge in [0, 0.05) is 49.4 Å². The van der Waals surface area contributed by atoms with Gasteiger partial charge in [-0.2, -0.15) is 17.5 Å². The lowest BCUT2D eigenvalue weighted by molar-refractivity contribution is -0.137. The van der Waals surface area contributed by atoms with Gasteiger partial charge in [0.2, 0.25) is 21.8 Å². The van der Waals surface area contributed by atoms with Crippen LogP contribution in [0, 0.1) is 0 Å². The number of carbonyl (C=O) groups is 2. The third-order valence-corrected chi connectivity index (χ3v) is 10.0. The molecule has 4 rings (SSSR count). The van der Waals surface area contributed by atoms with E-state index in [0.29, 0.717) is 12.8 Å². The topological polar surface area (TPSA) is 103 Å². The number of hydrogen-bond acceptors (Lipinski definition) is 4. The van der Waals surface area contributed by atoms with E-state index in [0.717, 1.165) is 66.8 Å². The minimum absolute atomic E-state index is 0.0537. The molecule has 2 amide bonds. The lowest BCUT2D eigenvalue weighted by Crippen LogP contribution is -2.61. The number of H-pyrrole nitrogens is 1. The smallest absolute Gasteiger partial charge is 0.361 e. The first kappa shape index (κ1) is 34.2. The van der Waals surface area contributed by atoms with Gasteiger partial charge in [-0.05, 0) is 48.2 Å². The highest BCUT2D eigenvalue weighted by molar-refractivity contribution is 7.89. The number of nitrogens with one attached hydrogen (secondary N) is 2. The maximum atomic E-state index is 13.5. The van der Waals surface area contributed by atoms with E-state index in [4.69, 9.17) is 0 Å². The number of fused-ring (bicyclic) bond motifs is 1. The number of amides is 2. The summed E-state index contributed by atoms with van der Waals surface area (Å²) in [7, 11) is -3.79. The largest absolute Gasteiger partial charge is 0.416 e. The summed E-state index contributed by atoms with van der Waals surface area (Å²) < 4.78 is 67.4. The van der Waals surface area contributed by atoms with E-state index in [1.165, 1.54) is 27.4 Å². The van der Waals surface area contributed by atoms with Crippen molar-refractivity contribution in [3.63, 3.8) is 0 Å². The maximum Gasteiger partial charge on any atom is 0.416 e. The zero-order valence-electron chi connectivity index (χ0n) is 25.5. The van der Waals surface area contributed by atoms with Crippen molar-refractivity contribution in [2.24, 2.45) is 0 Å². The molecule has 0 aliphatic carbocycles. The highest BCUT2D eigenvalue weighted by Crippen LogP contribution is 2.30. The number of halogens is 3. The van der Waals surface area contributed by atoms with E-state index in [1.807, 2.05) is 30.5 Å². The number of para-hydroxylation sites is 1. The molecule has 1 aliphatic rings. The molecule has 45 heavy (non-hydrogen) atoms. The Morgan fingerprint density at radius 2 is 1.78 bits per heavy atom. The molecular weight excluding hydrogens is 605 g/mol. The van der Waals surface area contributed by atoms with Gasteiger partial charge >= 0.3 is 6.18 Å². The van der Waals surface area contributed by atoms with Crippen LogP contribution in [0.15, 0.2) is 60.8 Å². The number of aromatic amines is 1. The average molecular weight is 647 g/mol. The zero-order chi connectivity index (χ0) is 32.5. The van der Waals surface area contributed by atoms with E-state index in [1.54, 1.807) is 0 Å². The number of rotatable bonds is 14. The van der Waals surface area contributed by atoms with Crippen molar-refractivity contribution in [3.8, 4) is 0 Å². The molecule has 2 heterocycles. The summed E-state index contributed by atoms with van der Waals surface area (Å²) >= 11 is 0. The van der Waals surface area contributed by atoms with Crippen LogP contribution in [0.2, 0.25) is 0 Å². The number of piperazine rings is 1. The van der Waals surface area contributed by atoms with Crippen LogP contribution in [-0.4, -0.2) is 72.4 Å². The molecule has 12 heteroatoms. The van der Waals surface area contributed by atoms with Crippen molar-refractivity contribution in [3.05, 3.63) is 77.5 Å². The Morgan fingerprint density at radius 1 is 1.02 bits per heavy atom. The molecule has 2 N–H and O–H groups in total. The van der Waals surface area contributed by atoms with Crippen molar-refractivity contribution in [2.75, 3.05) is 31.9 Å². The molecule has 1 atom stereocenters. The van der Waals surface area contributed by atoms with E-state index in [-0.39, 0.29) is 37.5 Å². The second-order valence-corrected chi connectivity index (χ2v) is 13.4. The fraction of sp³-hybridized carbons (Fsp3) is 0.455. The van der Waals surface area contributed by atoms with Gasteiger partial charge in [0.05, 0.1) is 11.3 Å². The Labute approximate surface area is 262 Å². The van der Waals surface area contributed by atoms with Crippen LogP contribution in [0.25, 0.3) is 17.0 Å². The Bertz CT molecular complexity index is 1590. The third kappa shape index (κ3) is 9.43. The van der Waals surface area contributed by atoms with E-state index in [2.05, 4.69) is 17.2 Å². The zero-order valence-corrected chi connectivity index (χ0v) is 26.3. The molecule has 0 bridgehead atoms. The van der Waals surface area contributed by atoms with E-state index < -0.39 is 39.6 Å². The Morgan fingerprint density at radius 3 is 2.56 bits per heavy atom. The van der Waals surface area contributed by atoms with Gasteiger partial charge in [-0.25, -0.2) is 8.42 Å². The number of hydrogen-bond donors (Lipinski definition) is 2. The highest BCUT2D eigenvalue weighted by atomic mass is 32.2. The van der Waals surface area contributed by atoms with Crippen LogP contribution in [0.5, 0.6) is 0 Å². The van der Waals surface area contributed by atoms with E-state index in [9.17, 15) is 31.2 Å². The molecule has 0 radical (unpaired) electrons. The fourth-order valence-corrected chi connectivity index (χ4v) is 7.28. The number of carbonyl (C=O) groups excluding carboxylic acids is 2. The molecule has 8 nitrogen and oxygen atoms in total. The summed E-state index contributed by atoms with van der Waals surface area (Å²) in [4.78, 5) is 31.1. The standard InChI is InChI=1S/C33H41F3N4O4S/c1-2-3-4-5-6-9-21-45(43,44)40-20-19-39(31(41)16-15-25-11-10-12-27(22-25)33(34,35)36)24-30(40)32(42)37-18-17-26-23-38-29-14-8-7-13-28(26)29/h7-8,10-16,22-23,30,38H,2-6,9,17-21,24H2,1H3,(H,37,42)/b16-15+. The molecule has 1 saturated heterocycles. The first-order valence-corrected chi connectivity index (χ1v) is 17.1. The quantitative estimate of drug-likeness (QED) is 0.172. The van der Waals surface area contributed by atoms with Crippen molar-refractivity contribution < 1.29 is 31.2 Å². The van der Waals surface area contributed by atoms with Crippen molar-refractivity contribution in [1.82, 2.24) is 19.5 Å². The van der Waals surface area contributed by atoms with Gasteiger partial charge < -0.3 is 15.2 Å². The molecule has 0 spiro atoms. The summed E-state index contributed by atoms with van der Waals surface area (Å²) in [5, 5.41) is 3.90. The molecule has 3 aromatic rings. The number of alkyl halides is 3. The van der Waals surface area contributed by atoms with Gasteiger partial charge in [-0.15, -0.1) is 0 Å². The first-order valence-electron chi connectivity index (χ1n) is 15.5. The fourth-order valence-electron chi connectivity index (χ4n) is 5.56. The number of sulfonamides is 1. The third-order valence-electron chi connectivity index (χ3n) is 8.06. The summed E-state index contributed by atoms with van der Waals surface area (Å²) in [6, 6.07) is 11.3. The molecule has 1 fully saturated rings. The number of unbranched alkanes of at least 4 members (excludes halogenated alkanes) is 5. The highest BCUT2D eigenvalue weighted by Gasteiger charge is 2.40. The molecule has 1 unspecified atom stereocenters. The molecule has 1 aliphatic heterocycles. The number of nitrogens with zero attached hydrogens (tertiary/aromatic N) is 2. The monoisotopic (exact) mass is 646 g/mol. The normalized spacial score (nSPS) is 16.4. The number of benzene rings is 2. The Balaban J connectivity index is 1.44. The second kappa shape index (κ2) is 15.6. The SMILES string of the molecule is CCCCCCCCS(=O)(=O)N1CCN(C(=O)/C=C/c2cccc(C(F)(F)F)c2)CC1C(=O)NCCc1c[nH]c2ccccc12. The Kier molecular flexibility index (Phi) is 11.8. The summed E-state index contributed by atoms with van der Waals surface area (Å²) in [5.41, 5.74) is 1.36. The first-order chi connectivity index (χ1) is 21.5. The maximum absolute atomic E-state index is 13.5. The van der Waals surface area contributed by atoms with Gasteiger partial charge in [0.15, 0.2) is 0 Å². The van der Waals surface area contributed by atoms with E-state index >= 15 is 0 Å². The summed E-state index contributed by atoms with van der Waals surface area (Å²) in [6.07, 6.45) is 5.78. The van der Waals surface area contributed by atoms with Crippen LogP contribution in [0.1, 0.15) is 62.1 Å². The molecule has 0 saturated carbocycles. The van der Waals surface area contributed by atoms with Gasteiger partial charge in [0.25, 0.3) is 0 Å². The lowest BCUT2D eigenvalue weighted by Gasteiger charge is -2.39. The number of aromatic nitrogens is 1. The minimum atomic E-state index is -4.51. The molecule has 2 aromatic carbocycles. The molecule has 244 valence electrons. The molecular formula is C33H41F3N4O4S. The van der Waals surface area contributed by atoms with Crippen LogP contribution in [0.4, 0.5) is 13.2 Å². The van der Waals surface area contributed by atoms with Crippen LogP contribution in [-0.2, 0) is 32.2 Å². The van der Waals surface area contributed by atoms with Gasteiger partial charge in [-0.3, -0.25) is 9.59 Å². The van der Waals surface area contributed by atoms with Gasteiger partial charge in [0.1, 0.15) is 6.04 Å². The lowest BCUT2D eigenvalue weighted by atomic mass is 10.1. The summed E-state index contributed by atoms with van der Waals surface area (Å²) in [5.74, 6) is -1.10. The van der Waals surface area contributed by atoms with Crippen molar-refractivity contribution in [2.45, 2.75) is 64.1 Å². The predicted molar refractivity (Wildman–Crippen MR) is 170 cm³/mol. The average Bonchev–Trinajstić information content (AvgIpc) is 3.44. The van der Waals surface area contributed by atoms with Gasteiger partial charge in [-0.1, -0.05) is 69.4 Å². The van der Waals surface area contributed by atoms with Crippen molar-refractivity contribution >= 4 is 38.8 Å². The Hall–Kier alpha value is -3.64. The predicted octanol–water partition coefficient (Wildman–Crippen LogP) is 5.76. The van der Waals surface area contributed by atoms with Crippen molar-refractivity contribution in [1.29, 1.82) is 0 Å². The summed E-state index contributed by atoms with van der Waals surface area (Å²) in [6.45, 7) is 2.22. The van der Waals surface area contributed by atoms with Crippen LogP contribution >= 0.6 is 0 Å². The van der Waals surface area contributed by atoms with Crippen LogP contribution < -0.4 is 5.32 Å². The second-order valence-electron chi connectivity index (χ2n) is 11.4. The molecule has 1 aromatic heterocycles. The minimum Gasteiger partial charge on any atom is -0.361 e.